The van der Waals surface area contributed by atoms with Crippen LogP contribution in [0.1, 0.15) is 11.4 Å². The van der Waals surface area contributed by atoms with E-state index in [0.717, 1.165) is 11.4 Å². The Morgan fingerprint density at radius 2 is 1.89 bits per heavy atom. The summed E-state index contributed by atoms with van der Waals surface area (Å²) >= 11 is 5.84. The fraction of sp³-hybridized carbons (Fsp3) is 0.235. The number of hydrogen-bond donors (Lipinski definition) is 1. The van der Waals surface area contributed by atoms with Gasteiger partial charge in [0.25, 0.3) is 5.56 Å². The molecule has 0 spiro atoms. The van der Waals surface area contributed by atoms with Gasteiger partial charge in [-0.1, -0.05) is 17.7 Å². The summed E-state index contributed by atoms with van der Waals surface area (Å²) in [6, 6.07) is 10.8. The summed E-state index contributed by atoms with van der Waals surface area (Å²) in [5.41, 5.74) is 1.38. The number of hydrogen-bond acceptors (Lipinski definition) is 5. The standard InChI is InChI=1S/C17H18ClN5O3S/c1-12-10-13(2)23(20-12)16-6-7-17(24)22(21-16)9-8-19-27(25,26)15-5-3-4-14(18)11-15/h3-7,10-11,19H,8-9H2,1-2H3. The Morgan fingerprint density at radius 3 is 2.56 bits per heavy atom. The lowest BCUT2D eigenvalue weighted by Gasteiger charge is -2.10. The van der Waals surface area contributed by atoms with Crippen molar-refractivity contribution in [1.82, 2.24) is 24.3 Å². The first-order chi connectivity index (χ1) is 12.8. The highest BCUT2D eigenvalue weighted by Crippen LogP contribution is 2.15. The summed E-state index contributed by atoms with van der Waals surface area (Å²) in [4.78, 5) is 12.1. The maximum absolute atomic E-state index is 12.3. The molecule has 0 fully saturated rings. The maximum atomic E-state index is 12.3. The summed E-state index contributed by atoms with van der Waals surface area (Å²) in [5.74, 6) is 0.484. The molecular formula is C17H18ClN5O3S. The Balaban J connectivity index is 1.75. The molecule has 0 saturated heterocycles. The zero-order chi connectivity index (χ0) is 19.6. The first-order valence-corrected chi connectivity index (χ1v) is 9.99. The molecule has 0 aliphatic rings. The van der Waals surface area contributed by atoms with Gasteiger partial charge in [0.2, 0.25) is 10.0 Å². The zero-order valence-electron chi connectivity index (χ0n) is 14.8. The van der Waals surface area contributed by atoms with Crippen LogP contribution in [-0.2, 0) is 16.6 Å². The van der Waals surface area contributed by atoms with E-state index in [-0.39, 0.29) is 23.5 Å². The van der Waals surface area contributed by atoms with Gasteiger partial charge < -0.3 is 0 Å². The number of rotatable bonds is 6. The minimum atomic E-state index is -3.73. The second-order valence-corrected chi connectivity index (χ2v) is 8.15. The number of halogens is 1. The highest BCUT2D eigenvalue weighted by molar-refractivity contribution is 7.89. The van der Waals surface area contributed by atoms with E-state index in [0.29, 0.717) is 10.8 Å². The molecule has 10 heteroatoms. The van der Waals surface area contributed by atoms with E-state index in [1.165, 1.54) is 22.9 Å². The molecule has 142 valence electrons. The molecule has 1 N–H and O–H groups in total. The molecule has 3 rings (SSSR count). The third-order valence-corrected chi connectivity index (χ3v) is 5.50. The molecule has 1 aromatic carbocycles. The average molecular weight is 408 g/mol. The minimum Gasteiger partial charge on any atom is -0.268 e. The molecule has 2 aromatic heterocycles. The van der Waals surface area contributed by atoms with Crippen molar-refractivity contribution < 1.29 is 8.42 Å². The normalized spacial score (nSPS) is 11.7. The molecule has 0 saturated carbocycles. The molecule has 3 aromatic rings. The largest absolute Gasteiger partial charge is 0.268 e. The second-order valence-electron chi connectivity index (χ2n) is 5.95. The van der Waals surface area contributed by atoms with Gasteiger partial charge in [-0.05, 0) is 44.2 Å². The molecular weight excluding hydrogens is 390 g/mol. The van der Waals surface area contributed by atoms with Gasteiger partial charge in [-0.2, -0.15) is 5.10 Å². The van der Waals surface area contributed by atoms with E-state index in [1.54, 1.807) is 22.9 Å². The van der Waals surface area contributed by atoms with Gasteiger partial charge in [-0.15, -0.1) is 5.10 Å². The van der Waals surface area contributed by atoms with Crippen LogP contribution in [0.3, 0.4) is 0 Å². The van der Waals surface area contributed by atoms with Gasteiger partial charge >= 0.3 is 0 Å². The first kappa shape index (κ1) is 19.3. The van der Waals surface area contributed by atoms with Crippen LogP contribution in [0, 0.1) is 13.8 Å². The number of nitrogens with one attached hydrogen (secondary N) is 1. The lowest BCUT2D eigenvalue weighted by atomic mass is 10.4. The molecule has 8 nitrogen and oxygen atoms in total. The van der Waals surface area contributed by atoms with Crippen molar-refractivity contribution in [1.29, 1.82) is 0 Å². The highest BCUT2D eigenvalue weighted by atomic mass is 35.5. The number of aromatic nitrogens is 4. The van der Waals surface area contributed by atoms with Crippen molar-refractivity contribution in [2.75, 3.05) is 6.54 Å². The molecule has 2 heterocycles. The van der Waals surface area contributed by atoms with Crippen molar-refractivity contribution in [3.8, 4) is 5.82 Å². The van der Waals surface area contributed by atoms with E-state index in [1.807, 2.05) is 19.9 Å². The van der Waals surface area contributed by atoms with E-state index in [2.05, 4.69) is 14.9 Å². The molecule has 0 unspecified atom stereocenters. The molecule has 0 aliphatic heterocycles. The van der Waals surface area contributed by atoms with E-state index < -0.39 is 10.0 Å². The second kappa shape index (κ2) is 7.63. The van der Waals surface area contributed by atoms with Gasteiger partial charge in [-0.3, -0.25) is 4.79 Å². The maximum Gasteiger partial charge on any atom is 0.266 e. The van der Waals surface area contributed by atoms with Gasteiger partial charge in [0.1, 0.15) is 0 Å². The highest BCUT2D eigenvalue weighted by Gasteiger charge is 2.14. The SMILES string of the molecule is Cc1cc(C)n(-c2ccc(=O)n(CCNS(=O)(=O)c3cccc(Cl)c3)n2)n1. The van der Waals surface area contributed by atoms with Crippen LogP contribution < -0.4 is 10.3 Å². The van der Waals surface area contributed by atoms with Gasteiger partial charge in [0, 0.05) is 23.3 Å². The summed E-state index contributed by atoms with van der Waals surface area (Å²) < 4.78 is 29.9. The van der Waals surface area contributed by atoms with E-state index >= 15 is 0 Å². The predicted molar refractivity (Wildman–Crippen MR) is 102 cm³/mol. The zero-order valence-corrected chi connectivity index (χ0v) is 16.3. The van der Waals surface area contributed by atoms with Crippen LogP contribution in [-0.4, -0.2) is 34.5 Å². The Labute approximate surface area is 161 Å². The fourth-order valence-corrected chi connectivity index (χ4v) is 3.90. The quantitative estimate of drug-likeness (QED) is 0.670. The van der Waals surface area contributed by atoms with Crippen molar-refractivity contribution in [2.45, 2.75) is 25.3 Å². The number of aryl methyl sites for hydroxylation is 2. The molecule has 0 amide bonds. The lowest BCUT2D eigenvalue weighted by Crippen LogP contribution is -2.32. The van der Waals surface area contributed by atoms with Gasteiger partial charge in [0.15, 0.2) is 5.82 Å². The Morgan fingerprint density at radius 1 is 1.11 bits per heavy atom. The van der Waals surface area contributed by atoms with Crippen molar-refractivity contribution in [2.24, 2.45) is 0 Å². The molecule has 0 radical (unpaired) electrons. The Bertz CT molecular complexity index is 1140. The van der Waals surface area contributed by atoms with Crippen LogP contribution in [0.4, 0.5) is 0 Å². The van der Waals surface area contributed by atoms with E-state index in [9.17, 15) is 13.2 Å². The Kier molecular flexibility index (Phi) is 5.45. The predicted octanol–water partition coefficient (Wildman–Crippen LogP) is 1.68. The third kappa shape index (κ3) is 4.44. The van der Waals surface area contributed by atoms with Crippen LogP contribution >= 0.6 is 11.6 Å². The molecule has 0 aliphatic carbocycles. The van der Waals surface area contributed by atoms with Crippen molar-refractivity contribution in [3.05, 3.63) is 69.2 Å². The van der Waals surface area contributed by atoms with E-state index in [4.69, 9.17) is 11.6 Å². The number of sulfonamides is 1. The third-order valence-electron chi connectivity index (χ3n) is 3.80. The molecule has 0 atom stereocenters. The summed E-state index contributed by atoms with van der Waals surface area (Å²) in [6.45, 7) is 3.83. The summed E-state index contributed by atoms with van der Waals surface area (Å²) in [6.07, 6.45) is 0. The monoisotopic (exact) mass is 407 g/mol. The van der Waals surface area contributed by atoms with Crippen LogP contribution in [0.5, 0.6) is 0 Å². The number of benzene rings is 1. The van der Waals surface area contributed by atoms with Crippen molar-refractivity contribution >= 4 is 21.6 Å². The first-order valence-electron chi connectivity index (χ1n) is 8.13. The average Bonchev–Trinajstić information content (AvgIpc) is 2.95. The van der Waals surface area contributed by atoms with Gasteiger partial charge in [0.05, 0.1) is 17.1 Å². The lowest BCUT2D eigenvalue weighted by molar-refractivity contribution is 0.541. The van der Waals surface area contributed by atoms with Crippen LogP contribution in [0.15, 0.2) is 52.2 Å². The number of nitrogens with zero attached hydrogens (tertiary/aromatic N) is 4. The minimum absolute atomic E-state index is 0.00231. The fourth-order valence-electron chi connectivity index (χ4n) is 2.58. The smallest absolute Gasteiger partial charge is 0.266 e. The molecule has 27 heavy (non-hydrogen) atoms. The van der Waals surface area contributed by atoms with Crippen molar-refractivity contribution in [3.63, 3.8) is 0 Å². The Hall–Kier alpha value is -2.49. The van der Waals surface area contributed by atoms with Crippen LogP contribution in [0.25, 0.3) is 5.82 Å². The summed E-state index contributed by atoms with van der Waals surface area (Å²) in [5, 5.41) is 8.93. The van der Waals surface area contributed by atoms with Gasteiger partial charge in [-0.25, -0.2) is 22.5 Å². The van der Waals surface area contributed by atoms with Crippen LogP contribution in [0.2, 0.25) is 5.02 Å². The summed E-state index contributed by atoms with van der Waals surface area (Å²) in [7, 11) is -3.73. The topological polar surface area (TPSA) is 98.9 Å². The molecule has 0 bridgehead atoms.